The number of hydrogen-bond donors (Lipinski definition) is 2. The molecule has 0 aromatic rings. The van der Waals surface area contributed by atoms with E-state index in [1.165, 1.54) is 0 Å². The van der Waals surface area contributed by atoms with Crippen LogP contribution in [0.1, 0.15) is 0 Å². The van der Waals surface area contributed by atoms with Gasteiger partial charge in [0.2, 0.25) is 5.56 Å². The molecule has 0 heterocycles. The monoisotopic (exact) mass is 190 g/mol. The molecule has 0 rings (SSSR count). The van der Waals surface area contributed by atoms with E-state index in [4.69, 9.17) is 21.3 Å². The van der Waals surface area contributed by atoms with Gasteiger partial charge < -0.3 is 5.11 Å². The lowest BCUT2D eigenvalue weighted by atomic mass is 10.8. The molecule has 0 spiro atoms. The van der Waals surface area contributed by atoms with Crippen LogP contribution in [0.25, 0.3) is 0 Å². The van der Waals surface area contributed by atoms with E-state index < -0.39 is 21.9 Å². The fraction of sp³-hybridized carbons (Fsp3) is 0.500. The van der Waals surface area contributed by atoms with Crippen molar-refractivity contribution in [2.45, 2.75) is 5.56 Å². The number of alkyl halides is 1. The van der Waals surface area contributed by atoms with Gasteiger partial charge >= 0.3 is 16.4 Å². The quantitative estimate of drug-likeness (QED) is 0.458. The highest BCUT2D eigenvalue weighted by Crippen LogP contribution is 2.01. The van der Waals surface area contributed by atoms with Crippen LogP contribution in [0.2, 0.25) is 0 Å². The predicted molar refractivity (Wildman–Crippen MR) is 29.9 cm³/mol. The number of aliphatic carboxylic acids is 1. The van der Waals surface area contributed by atoms with Crippen LogP contribution in [0.15, 0.2) is 0 Å². The first kappa shape index (κ1) is 9.63. The molecule has 0 fully saturated rings. The SMILES string of the molecule is O=C(O)C(Cl)OS(=O)(=O)O. The summed E-state index contributed by atoms with van der Waals surface area (Å²) in [5, 5.41) is 7.91. The Hall–Kier alpha value is -0.370. The molecule has 0 saturated heterocycles. The van der Waals surface area contributed by atoms with Crippen molar-refractivity contribution in [2.75, 3.05) is 0 Å². The van der Waals surface area contributed by atoms with Crippen LogP contribution >= 0.6 is 11.6 Å². The summed E-state index contributed by atoms with van der Waals surface area (Å²) in [4.78, 5) is 9.74. The number of carboxylic acid groups (broad SMARTS) is 1. The molecule has 60 valence electrons. The minimum absolute atomic E-state index is 1.70. The van der Waals surface area contributed by atoms with Crippen LogP contribution < -0.4 is 0 Å². The van der Waals surface area contributed by atoms with Gasteiger partial charge in [-0.15, -0.1) is 0 Å². The molecule has 0 aromatic carbocycles. The fourth-order valence-corrected chi connectivity index (χ4v) is 0.720. The third kappa shape index (κ3) is 4.50. The van der Waals surface area contributed by atoms with Gasteiger partial charge in [-0.25, -0.2) is 8.98 Å². The summed E-state index contributed by atoms with van der Waals surface area (Å²) in [6.07, 6.45) is 0. The van der Waals surface area contributed by atoms with E-state index in [0.29, 0.717) is 0 Å². The lowest BCUT2D eigenvalue weighted by Crippen LogP contribution is -2.20. The minimum Gasteiger partial charge on any atom is -0.478 e. The first-order valence-electron chi connectivity index (χ1n) is 1.85. The lowest BCUT2D eigenvalue weighted by Gasteiger charge is -1.99. The van der Waals surface area contributed by atoms with Crippen molar-refractivity contribution >= 4 is 28.0 Å². The number of halogens is 1. The molecule has 0 saturated carbocycles. The Kier molecular flexibility index (Phi) is 3.03. The first-order valence-corrected chi connectivity index (χ1v) is 3.65. The molecule has 0 radical (unpaired) electrons. The summed E-state index contributed by atoms with van der Waals surface area (Å²) < 4.78 is 30.7. The van der Waals surface area contributed by atoms with Gasteiger partial charge in [0.1, 0.15) is 0 Å². The summed E-state index contributed by atoms with van der Waals surface area (Å²) in [6.45, 7) is 0. The zero-order chi connectivity index (χ0) is 8.36. The van der Waals surface area contributed by atoms with Gasteiger partial charge in [0, 0.05) is 0 Å². The Morgan fingerprint density at radius 3 is 2.10 bits per heavy atom. The topological polar surface area (TPSA) is 101 Å². The smallest absolute Gasteiger partial charge is 0.399 e. The van der Waals surface area contributed by atoms with Crippen molar-refractivity contribution in [3.63, 3.8) is 0 Å². The van der Waals surface area contributed by atoms with E-state index in [1.54, 1.807) is 0 Å². The Labute approximate surface area is 61.3 Å². The van der Waals surface area contributed by atoms with E-state index in [2.05, 4.69) is 4.18 Å². The van der Waals surface area contributed by atoms with Crippen molar-refractivity contribution in [3.8, 4) is 0 Å². The maximum absolute atomic E-state index is 9.74. The zero-order valence-electron chi connectivity index (χ0n) is 4.39. The molecule has 0 bridgehead atoms. The molecule has 2 N–H and O–H groups in total. The van der Waals surface area contributed by atoms with Crippen molar-refractivity contribution in [2.24, 2.45) is 0 Å². The summed E-state index contributed by atoms with van der Waals surface area (Å²) in [5.74, 6) is -1.70. The second-order valence-corrected chi connectivity index (χ2v) is 2.62. The number of carbonyl (C=O) groups is 1. The van der Waals surface area contributed by atoms with Crippen LogP contribution in [-0.4, -0.2) is 29.6 Å². The van der Waals surface area contributed by atoms with Gasteiger partial charge in [-0.3, -0.25) is 4.55 Å². The third-order valence-corrected chi connectivity index (χ3v) is 1.22. The molecule has 1 unspecified atom stereocenters. The van der Waals surface area contributed by atoms with Gasteiger partial charge in [-0.1, -0.05) is 11.6 Å². The average Bonchev–Trinajstić information content (AvgIpc) is 1.60. The Morgan fingerprint density at radius 2 is 2.00 bits per heavy atom. The first-order chi connectivity index (χ1) is 4.33. The largest absolute Gasteiger partial charge is 0.478 e. The molecule has 8 heteroatoms. The van der Waals surface area contributed by atoms with E-state index in [-0.39, 0.29) is 0 Å². The van der Waals surface area contributed by atoms with E-state index >= 15 is 0 Å². The van der Waals surface area contributed by atoms with Crippen LogP contribution in [0, 0.1) is 0 Å². The predicted octanol–water partition coefficient (Wildman–Crippen LogP) is -0.545. The van der Waals surface area contributed by atoms with Crippen molar-refractivity contribution < 1.29 is 27.1 Å². The molecular weight excluding hydrogens is 188 g/mol. The molecule has 6 nitrogen and oxygen atoms in total. The number of hydrogen-bond acceptors (Lipinski definition) is 4. The van der Waals surface area contributed by atoms with Crippen molar-refractivity contribution in [1.82, 2.24) is 0 Å². The number of carboxylic acids is 1. The van der Waals surface area contributed by atoms with Gasteiger partial charge in [0.15, 0.2) is 0 Å². The minimum atomic E-state index is -4.78. The molecule has 0 aromatic heterocycles. The highest BCUT2D eigenvalue weighted by atomic mass is 35.5. The van der Waals surface area contributed by atoms with Gasteiger partial charge in [-0.05, 0) is 0 Å². The second-order valence-electron chi connectivity index (χ2n) is 1.18. The van der Waals surface area contributed by atoms with Crippen LogP contribution in [0.5, 0.6) is 0 Å². The molecule has 0 amide bonds. The Bertz CT molecular complexity index is 218. The number of rotatable bonds is 3. The standard InChI is InChI=1S/C2H3ClO6S/c3-1(2(4)5)9-10(6,7)8/h1H,(H,4,5)(H,6,7,8). The molecule has 1 atom stereocenters. The molecule has 10 heavy (non-hydrogen) atoms. The van der Waals surface area contributed by atoms with E-state index in [1.807, 2.05) is 0 Å². The Morgan fingerprint density at radius 1 is 1.60 bits per heavy atom. The zero-order valence-corrected chi connectivity index (χ0v) is 5.96. The van der Waals surface area contributed by atoms with E-state index in [9.17, 15) is 13.2 Å². The summed E-state index contributed by atoms with van der Waals surface area (Å²) in [6, 6.07) is 0. The normalized spacial score (nSPS) is 14.6. The van der Waals surface area contributed by atoms with Crippen LogP contribution in [0.3, 0.4) is 0 Å². The van der Waals surface area contributed by atoms with Crippen LogP contribution in [-0.2, 0) is 19.4 Å². The third-order valence-electron chi connectivity index (χ3n) is 0.400. The maximum atomic E-state index is 9.74. The van der Waals surface area contributed by atoms with Crippen LogP contribution in [0.4, 0.5) is 0 Å². The van der Waals surface area contributed by atoms with E-state index in [0.717, 1.165) is 0 Å². The highest BCUT2D eigenvalue weighted by molar-refractivity contribution is 7.81. The van der Waals surface area contributed by atoms with Crippen molar-refractivity contribution in [1.29, 1.82) is 0 Å². The second kappa shape index (κ2) is 3.15. The van der Waals surface area contributed by atoms with Gasteiger partial charge in [0.25, 0.3) is 0 Å². The lowest BCUT2D eigenvalue weighted by molar-refractivity contribution is -0.141. The molecule has 0 aliphatic carbocycles. The average molecular weight is 191 g/mol. The summed E-state index contributed by atoms with van der Waals surface area (Å²) >= 11 is 4.74. The fourth-order valence-electron chi connectivity index (χ4n) is 0.148. The molecule has 0 aliphatic heterocycles. The maximum Gasteiger partial charge on any atom is 0.399 e. The van der Waals surface area contributed by atoms with Gasteiger partial charge in [-0.2, -0.15) is 8.42 Å². The molecular formula is C2H3ClO6S. The Balaban J connectivity index is 4.06. The van der Waals surface area contributed by atoms with Crippen molar-refractivity contribution in [3.05, 3.63) is 0 Å². The summed E-state index contributed by atoms with van der Waals surface area (Å²) in [5.41, 5.74) is -2.09. The molecule has 0 aliphatic rings. The highest BCUT2D eigenvalue weighted by Gasteiger charge is 2.20. The summed E-state index contributed by atoms with van der Waals surface area (Å²) in [7, 11) is -4.78. The van der Waals surface area contributed by atoms with Gasteiger partial charge in [0.05, 0.1) is 0 Å².